The molecule has 1 aliphatic carbocycles. The second-order valence-electron chi connectivity index (χ2n) is 7.53. The molecule has 3 heteroatoms. The fourth-order valence-corrected chi connectivity index (χ4v) is 4.59. The molecule has 0 amide bonds. The van der Waals surface area contributed by atoms with E-state index in [-0.39, 0.29) is 11.0 Å². The maximum atomic E-state index is 11.5. The van der Waals surface area contributed by atoms with Crippen molar-refractivity contribution in [1.29, 1.82) is 0 Å². The zero-order chi connectivity index (χ0) is 14.1. The fraction of sp³-hybridized carbons (Fsp3) is 0.938. The largest absolute Gasteiger partial charge is 0.481 e. The number of carbonyl (C=O) groups is 1. The summed E-state index contributed by atoms with van der Waals surface area (Å²) in [5.41, 5.74) is 0.108. The molecule has 1 heterocycles. The van der Waals surface area contributed by atoms with E-state index in [1.54, 1.807) is 0 Å². The van der Waals surface area contributed by atoms with Crippen LogP contribution in [0.15, 0.2) is 0 Å². The SMILES string of the molecule is CC(C)(C)C1CCCCC1(CC(=O)O)N1CCCC1. The summed E-state index contributed by atoms with van der Waals surface area (Å²) in [6.07, 6.45) is 7.51. The molecule has 2 rings (SSSR count). The highest BCUT2D eigenvalue weighted by Crippen LogP contribution is 2.50. The average molecular weight is 267 g/mol. The third-order valence-electron chi connectivity index (χ3n) is 5.24. The lowest BCUT2D eigenvalue weighted by Crippen LogP contribution is -2.58. The number of nitrogens with zero attached hydrogens (tertiary/aromatic N) is 1. The molecule has 110 valence electrons. The Morgan fingerprint density at radius 1 is 1.21 bits per heavy atom. The molecule has 2 unspecified atom stereocenters. The first-order valence-electron chi connectivity index (χ1n) is 7.83. The molecule has 2 aliphatic rings. The number of rotatable bonds is 3. The van der Waals surface area contributed by atoms with E-state index < -0.39 is 5.97 Å². The standard InChI is InChI=1S/C16H29NO2/c1-15(2,3)13-8-4-5-9-16(13,12-14(18)19)17-10-6-7-11-17/h13H,4-12H2,1-3H3,(H,18,19). The summed E-state index contributed by atoms with van der Waals surface area (Å²) in [6.45, 7) is 9.06. The molecule has 1 saturated heterocycles. The van der Waals surface area contributed by atoms with E-state index >= 15 is 0 Å². The molecular formula is C16H29NO2. The van der Waals surface area contributed by atoms with Crippen molar-refractivity contribution in [2.75, 3.05) is 13.1 Å². The van der Waals surface area contributed by atoms with Gasteiger partial charge < -0.3 is 5.11 Å². The molecule has 0 aromatic rings. The number of hydrogen-bond acceptors (Lipinski definition) is 2. The number of hydrogen-bond donors (Lipinski definition) is 1. The van der Waals surface area contributed by atoms with E-state index in [1.165, 1.54) is 32.1 Å². The highest BCUT2D eigenvalue weighted by Gasteiger charge is 2.51. The van der Waals surface area contributed by atoms with Gasteiger partial charge in [-0.1, -0.05) is 33.6 Å². The van der Waals surface area contributed by atoms with Crippen LogP contribution in [0.4, 0.5) is 0 Å². The Kier molecular flexibility index (Phi) is 4.24. The van der Waals surface area contributed by atoms with Crippen LogP contribution >= 0.6 is 0 Å². The van der Waals surface area contributed by atoms with Gasteiger partial charge in [-0.05, 0) is 50.1 Å². The number of carboxylic acids is 1. The van der Waals surface area contributed by atoms with Crippen LogP contribution in [0.5, 0.6) is 0 Å². The van der Waals surface area contributed by atoms with Crippen LogP contribution in [0.25, 0.3) is 0 Å². The molecule has 1 aliphatic heterocycles. The van der Waals surface area contributed by atoms with Crippen LogP contribution in [0, 0.1) is 11.3 Å². The van der Waals surface area contributed by atoms with Gasteiger partial charge >= 0.3 is 5.97 Å². The Bertz CT molecular complexity index is 328. The second-order valence-corrected chi connectivity index (χ2v) is 7.53. The van der Waals surface area contributed by atoms with E-state index in [4.69, 9.17) is 0 Å². The van der Waals surface area contributed by atoms with E-state index in [0.717, 1.165) is 19.5 Å². The smallest absolute Gasteiger partial charge is 0.305 e. The van der Waals surface area contributed by atoms with Gasteiger partial charge in [0.1, 0.15) is 0 Å². The van der Waals surface area contributed by atoms with Gasteiger partial charge in [0.25, 0.3) is 0 Å². The lowest BCUT2D eigenvalue weighted by molar-refractivity contribution is -0.144. The summed E-state index contributed by atoms with van der Waals surface area (Å²) >= 11 is 0. The molecular weight excluding hydrogens is 238 g/mol. The van der Waals surface area contributed by atoms with Gasteiger partial charge in [0, 0.05) is 5.54 Å². The predicted octanol–water partition coefficient (Wildman–Crippen LogP) is 3.53. The molecule has 2 atom stereocenters. The molecule has 2 fully saturated rings. The van der Waals surface area contributed by atoms with Crippen molar-refractivity contribution >= 4 is 5.97 Å². The highest BCUT2D eigenvalue weighted by atomic mass is 16.4. The predicted molar refractivity (Wildman–Crippen MR) is 77.2 cm³/mol. The van der Waals surface area contributed by atoms with Crippen molar-refractivity contribution < 1.29 is 9.90 Å². The Morgan fingerprint density at radius 3 is 2.37 bits per heavy atom. The Hall–Kier alpha value is -0.570. The summed E-state index contributed by atoms with van der Waals surface area (Å²) < 4.78 is 0. The van der Waals surface area contributed by atoms with Crippen LogP contribution in [0.3, 0.4) is 0 Å². The normalized spacial score (nSPS) is 33.5. The molecule has 19 heavy (non-hydrogen) atoms. The van der Waals surface area contributed by atoms with Gasteiger partial charge in [-0.2, -0.15) is 0 Å². The molecule has 0 aromatic heterocycles. The van der Waals surface area contributed by atoms with Crippen LogP contribution in [-0.2, 0) is 4.79 Å². The van der Waals surface area contributed by atoms with Crippen molar-refractivity contribution in [1.82, 2.24) is 4.90 Å². The lowest BCUT2D eigenvalue weighted by atomic mass is 9.60. The summed E-state index contributed by atoms with van der Waals surface area (Å²) in [5, 5.41) is 9.45. The van der Waals surface area contributed by atoms with Crippen molar-refractivity contribution in [3.63, 3.8) is 0 Å². The lowest BCUT2D eigenvalue weighted by Gasteiger charge is -2.54. The quantitative estimate of drug-likeness (QED) is 0.850. The van der Waals surface area contributed by atoms with Crippen LogP contribution < -0.4 is 0 Å². The minimum atomic E-state index is -0.622. The maximum Gasteiger partial charge on any atom is 0.305 e. The van der Waals surface area contributed by atoms with E-state index in [2.05, 4.69) is 25.7 Å². The number of aliphatic carboxylic acids is 1. The number of likely N-dealkylation sites (tertiary alicyclic amines) is 1. The van der Waals surface area contributed by atoms with E-state index in [9.17, 15) is 9.90 Å². The molecule has 0 bridgehead atoms. The van der Waals surface area contributed by atoms with Gasteiger partial charge in [0.15, 0.2) is 0 Å². The zero-order valence-electron chi connectivity index (χ0n) is 12.7. The summed E-state index contributed by atoms with van der Waals surface area (Å²) in [6, 6.07) is 0. The molecule has 1 saturated carbocycles. The van der Waals surface area contributed by atoms with E-state index in [0.29, 0.717) is 12.3 Å². The molecule has 3 nitrogen and oxygen atoms in total. The third kappa shape index (κ3) is 2.96. The minimum Gasteiger partial charge on any atom is -0.481 e. The van der Waals surface area contributed by atoms with Gasteiger partial charge in [-0.25, -0.2) is 0 Å². The first-order valence-corrected chi connectivity index (χ1v) is 7.83. The zero-order valence-corrected chi connectivity index (χ0v) is 12.7. The van der Waals surface area contributed by atoms with E-state index in [1.807, 2.05) is 0 Å². The van der Waals surface area contributed by atoms with Crippen LogP contribution in [0.1, 0.15) is 65.7 Å². The Balaban J connectivity index is 2.34. The topological polar surface area (TPSA) is 40.5 Å². The number of carboxylic acid groups (broad SMARTS) is 1. The monoisotopic (exact) mass is 267 g/mol. The first-order chi connectivity index (χ1) is 8.86. The average Bonchev–Trinajstić information content (AvgIpc) is 2.80. The van der Waals surface area contributed by atoms with Crippen molar-refractivity contribution in [2.24, 2.45) is 11.3 Å². The highest BCUT2D eigenvalue weighted by molar-refractivity contribution is 5.68. The molecule has 0 spiro atoms. The van der Waals surface area contributed by atoms with Crippen molar-refractivity contribution in [3.8, 4) is 0 Å². The summed E-state index contributed by atoms with van der Waals surface area (Å²) in [7, 11) is 0. The fourth-order valence-electron chi connectivity index (χ4n) is 4.59. The third-order valence-corrected chi connectivity index (χ3v) is 5.24. The molecule has 1 N–H and O–H groups in total. The second kappa shape index (κ2) is 5.43. The summed E-state index contributed by atoms with van der Waals surface area (Å²) in [5.74, 6) is -0.119. The molecule has 0 aromatic carbocycles. The van der Waals surface area contributed by atoms with Crippen molar-refractivity contribution in [2.45, 2.75) is 71.3 Å². The minimum absolute atomic E-state index is 0.0845. The Morgan fingerprint density at radius 2 is 1.84 bits per heavy atom. The first kappa shape index (κ1) is 14.8. The maximum absolute atomic E-state index is 11.5. The van der Waals surface area contributed by atoms with Crippen LogP contribution in [0.2, 0.25) is 0 Å². The van der Waals surface area contributed by atoms with Crippen molar-refractivity contribution in [3.05, 3.63) is 0 Å². The van der Waals surface area contributed by atoms with Gasteiger partial charge in [-0.15, -0.1) is 0 Å². The van der Waals surface area contributed by atoms with Crippen LogP contribution in [-0.4, -0.2) is 34.6 Å². The summed E-state index contributed by atoms with van der Waals surface area (Å²) in [4.78, 5) is 14.0. The van der Waals surface area contributed by atoms with Gasteiger partial charge in [0.05, 0.1) is 6.42 Å². The molecule has 0 radical (unpaired) electrons. The Labute approximate surface area is 117 Å². The van der Waals surface area contributed by atoms with Gasteiger partial charge in [-0.3, -0.25) is 9.69 Å². The van der Waals surface area contributed by atoms with Gasteiger partial charge in [0.2, 0.25) is 0 Å².